The van der Waals surface area contributed by atoms with Crippen molar-refractivity contribution in [1.29, 1.82) is 0 Å². The Morgan fingerprint density at radius 3 is 2.42 bits per heavy atom. The summed E-state index contributed by atoms with van der Waals surface area (Å²) in [6.07, 6.45) is -0.866. The minimum atomic E-state index is -4.10. The first-order valence-electron chi connectivity index (χ1n) is 7.85. The number of amides is 2. The molecule has 8 nitrogen and oxygen atoms in total. The van der Waals surface area contributed by atoms with Gasteiger partial charge in [0.2, 0.25) is 10.0 Å². The van der Waals surface area contributed by atoms with Gasteiger partial charge < -0.3 is 9.64 Å². The van der Waals surface area contributed by atoms with Crippen molar-refractivity contribution in [2.24, 2.45) is 0 Å². The largest absolute Gasteiger partial charge is 0.453 e. The van der Waals surface area contributed by atoms with Gasteiger partial charge in [-0.1, -0.05) is 0 Å². The standard InChI is InChI=1S/C15H19F2N3O5S/c1-10(14(21)18-15(22)25-2)19-5-7-20(8-6-19)26(23,24)13-4-3-11(16)9-12(13)17/h3-4,9-10H,5-8H2,1-2H3,(H,18,21,22)/p+1/t10-/m1/s1. The molecule has 2 N–H and O–H groups in total. The lowest BCUT2D eigenvalue weighted by atomic mass is 10.2. The van der Waals surface area contributed by atoms with Crippen molar-refractivity contribution in [2.75, 3.05) is 33.3 Å². The number of piperazine rings is 1. The lowest BCUT2D eigenvalue weighted by Gasteiger charge is -2.34. The average molecular weight is 392 g/mol. The second-order valence-corrected chi connectivity index (χ2v) is 7.75. The van der Waals surface area contributed by atoms with Crippen LogP contribution in [0, 0.1) is 11.6 Å². The van der Waals surface area contributed by atoms with E-state index in [1.54, 1.807) is 6.92 Å². The summed E-state index contributed by atoms with van der Waals surface area (Å²) >= 11 is 0. The number of nitrogens with one attached hydrogen (secondary N) is 2. The Balaban J connectivity index is 2.03. The van der Waals surface area contributed by atoms with E-state index >= 15 is 0 Å². The van der Waals surface area contributed by atoms with E-state index in [4.69, 9.17) is 0 Å². The second-order valence-electron chi connectivity index (χ2n) is 5.84. The van der Waals surface area contributed by atoms with Crippen molar-refractivity contribution in [2.45, 2.75) is 17.9 Å². The SMILES string of the molecule is COC(=O)NC(=O)[C@@H](C)[NH+]1CCN(S(=O)(=O)c2ccc(F)cc2F)CC1. The van der Waals surface area contributed by atoms with Crippen LogP contribution >= 0.6 is 0 Å². The minimum absolute atomic E-state index is 0.0598. The van der Waals surface area contributed by atoms with Crippen molar-refractivity contribution < 1.29 is 36.4 Å². The number of sulfonamides is 1. The van der Waals surface area contributed by atoms with Crippen LogP contribution in [0.3, 0.4) is 0 Å². The number of ether oxygens (including phenoxy) is 1. The van der Waals surface area contributed by atoms with E-state index in [1.165, 1.54) is 0 Å². The molecule has 1 fully saturated rings. The van der Waals surface area contributed by atoms with Crippen LogP contribution in [0.2, 0.25) is 0 Å². The smallest absolute Gasteiger partial charge is 0.413 e. The Hall–Kier alpha value is -2.11. The van der Waals surface area contributed by atoms with Gasteiger partial charge in [0.1, 0.15) is 16.5 Å². The Bertz CT molecular complexity index is 794. The summed E-state index contributed by atoms with van der Waals surface area (Å²) in [5, 5.41) is 2.07. The number of carbonyl (C=O) groups is 2. The number of carbonyl (C=O) groups excluding carboxylic acids is 2. The number of methoxy groups -OCH3 is 1. The molecule has 1 aromatic carbocycles. The lowest BCUT2D eigenvalue weighted by molar-refractivity contribution is -0.917. The van der Waals surface area contributed by atoms with Crippen LogP contribution in [0.15, 0.2) is 23.1 Å². The van der Waals surface area contributed by atoms with Gasteiger partial charge in [-0.2, -0.15) is 4.31 Å². The van der Waals surface area contributed by atoms with Crippen LogP contribution in [0.1, 0.15) is 6.92 Å². The molecular formula is C15H20F2N3O5S+. The number of nitrogens with zero attached hydrogens (tertiary/aromatic N) is 1. The molecule has 11 heteroatoms. The molecule has 0 unspecified atom stereocenters. The molecular weight excluding hydrogens is 372 g/mol. The van der Waals surface area contributed by atoms with Gasteiger partial charge >= 0.3 is 6.09 Å². The summed E-state index contributed by atoms with van der Waals surface area (Å²) in [6, 6.07) is 1.71. The lowest BCUT2D eigenvalue weighted by Crippen LogP contribution is -3.19. The summed E-state index contributed by atoms with van der Waals surface area (Å²) in [5.74, 6) is -2.54. The van der Waals surface area contributed by atoms with Crippen LogP contribution < -0.4 is 10.2 Å². The first kappa shape index (κ1) is 20.2. The summed E-state index contributed by atoms with van der Waals surface area (Å²) in [6.45, 7) is 2.31. The number of alkyl carbamates (subject to hydrolysis) is 1. The third-order valence-corrected chi connectivity index (χ3v) is 6.22. The number of hydrogen-bond donors (Lipinski definition) is 2. The van der Waals surface area contributed by atoms with Crippen LogP contribution in [0.4, 0.5) is 13.6 Å². The van der Waals surface area contributed by atoms with Gasteiger partial charge in [0.25, 0.3) is 5.91 Å². The van der Waals surface area contributed by atoms with Gasteiger partial charge in [0.05, 0.1) is 33.3 Å². The highest BCUT2D eigenvalue weighted by Gasteiger charge is 2.36. The third-order valence-electron chi connectivity index (χ3n) is 4.29. The van der Waals surface area contributed by atoms with Gasteiger partial charge in [-0.15, -0.1) is 0 Å². The van der Waals surface area contributed by atoms with Crippen LogP contribution in [0.5, 0.6) is 0 Å². The molecule has 0 bridgehead atoms. The molecule has 2 rings (SSSR count). The number of hydrogen-bond acceptors (Lipinski definition) is 5. The highest BCUT2D eigenvalue weighted by molar-refractivity contribution is 7.89. The third kappa shape index (κ3) is 4.34. The van der Waals surface area contributed by atoms with E-state index in [0.29, 0.717) is 6.07 Å². The highest BCUT2D eigenvalue weighted by atomic mass is 32.2. The van der Waals surface area contributed by atoms with E-state index < -0.39 is 44.6 Å². The predicted molar refractivity (Wildman–Crippen MR) is 85.8 cm³/mol. The molecule has 0 aliphatic carbocycles. The summed E-state index contributed by atoms with van der Waals surface area (Å²) in [4.78, 5) is 23.2. The van der Waals surface area contributed by atoms with Gasteiger partial charge in [-0.05, 0) is 19.1 Å². The normalized spacial score (nSPS) is 17.5. The zero-order chi connectivity index (χ0) is 19.5. The molecule has 0 spiro atoms. The molecule has 26 heavy (non-hydrogen) atoms. The first-order chi connectivity index (χ1) is 12.2. The molecule has 1 atom stereocenters. The highest BCUT2D eigenvalue weighted by Crippen LogP contribution is 2.20. The minimum Gasteiger partial charge on any atom is -0.453 e. The van der Waals surface area contributed by atoms with Gasteiger partial charge in [0, 0.05) is 6.07 Å². The molecule has 0 radical (unpaired) electrons. The molecule has 1 heterocycles. The van der Waals surface area contributed by atoms with Crippen molar-refractivity contribution in [3.8, 4) is 0 Å². The number of benzene rings is 1. The van der Waals surface area contributed by atoms with E-state index in [1.807, 2.05) is 0 Å². The topological polar surface area (TPSA) is 97.2 Å². The van der Waals surface area contributed by atoms with Gasteiger partial charge in [0.15, 0.2) is 6.04 Å². The first-order valence-corrected chi connectivity index (χ1v) is 9.29. The fourth-order valence-electron chi connectivity index (χ4n) is 2.72. The van der Waals surface area contributed by atoms with Crippen molar-refractivity contribution >= 4 is 22.0 Å². The summed E-state index contributed by atoms with van der Waals surface area (Å²) in [7, 11) is -2.96. The number of quaternary nitrogens is 1. The second kappa shape index (κ2) is 8.06. The van der Waals surface area contributed by atoms with Crippen molar-refractivity contribution in [1.82, 2.24) is 9.62 Å². The molecule has 144 valence electrons. The van der Waals surface area contributed by atoms with Crippen LogP contribution in [-0.4, -0.2) is 64.1 Å². The number of imide groups is 1. The predicted octanol–water partition coefficient (Wildman–Crippen LogP) is -0.875. The zero-order valence-corrected chi connectivity index (χ0v) is 15.1. The fraction of sp³-hybridized carbons (Fsp3) is 0.467. The van der Waals surface area contributed by atoms with Gasteiger partial charge in [-0.25, -0.2) is 22.0 Å². The van der Waals surface area contributed by atoms with E-state index in [2.05, 4.69) is 10.1 Å². The van der Waals surface area contributed by atoms with Crippen molar-refractivity contribution in [3.63, 3.8) is 0 Å². The van der Waals surface area contributed by atoms with E-state index in [-0.39, 0.29) is 26.2 Å². The molecule has 0 saturated carbocycles. The van der Waals surface area contributed by atoms with E-state index in [0.717, 1.165) is 28.4 Å². The fourth-order valence-corrected chi connectivity index (χ4v) is 4.20. The Labute approximate surface area is 149 Å². The molecule has 2 amide bonds. The molecule has 1 aromatic rings. The molecule has 1 aliphatic heterocycles. The maximum atomic E-state index is 13.8. The molecule has 1 aliphatic rings. The molecule has 0 aromatic heterocycles. The number of halogens is 2. The van der Waals surface area contributed by atoms with Crippen LogP contribution in [0.25, 0.3) is 0 Å². The average Bonchev–Trinajstić information content (AvgIpc) is 2.60. The van der Waals surface area contributed by atoms with Crippen molar-refractivity contribution in [3.05, 3.63) is 29.8 Å². The molecule has 1 saturated heterocycles. The zero-order valence-electron chi connectivity index (χ0n) is 14.3. The Morgan fingerprint density at radius 2 is 1.88 bits per heavy atom. The number of rotatable bonds is 4. The Kier molecular flexibility index (Phi) is 6.26. The summed E-state index contributed by atoms with van der Waals surface area (Å²) < 4.78 is 57.3. The van der Waals surface area contributed by atoms with Crippen LogP contribution in [-0.2, 0) is 19.6 Å². The van der Waals surface area contributed by atoms with Gasteiger partial charge in [-0.3, -0.25) is 10.1 Å². The maximum absolute atomic E-state index is 13.8. The monoisotopic (exact) mass is 392 g/mol. The maximum Gasteiger partial charge on any atom is 0.413 e. The summed E-state index contributed by atoms with van der Waals surface area (Å²) in [5.41, 5.74) is 0. The van der Waals surface area contributed by atoms with E-state index in [9.17, 15) is 26.8 Å². The Morgan fingerprint density at radius 1 is 1.27 bits per heavy atom. The quantitative estimate of drug-likeness (QED) is 0.694.